The van der Waals surface area contributed by atoms with Gasteiger partial charge in [-0.25, -0.2) is 0 Å². The molecule has 0 radical (unpaired) electrons. The number of ether oxygens (including phenoxy) is 4. The van der Waals surface area contributed by atoms with Crippen LogP contribution in [0.25, 0.3) is 0 Å². The summed E-state index contributed by atoms with van der Waals surface area (Å²) in [6.07, 6.45) is 0.184. The lowest BCUT2D eigenvalue weighted by molar-refractivity contribution is -0.161. The van der Waals surface area contributed by atoms with E-state index in [1.807, 2.05) is 13.0 Å². The first-order valence-corrected chi connectivity index (χ1v) is 7.53. The third-order valence-electron chi connectivity index (χ3n) is 3.41. The Morgan fingerprint density at radius 3 is 1.87 bits per heavy atom. The van der Waals surface area contributed by atoms with E-state index in [1.165, 1.54) is 7.11 Å². The Morgan fingerprint density at radius 2 is 1.43 bits per heavy atom. The summed E-state index contributed by atoms with van der Waals surface area (Å²) in [5.41, 5.74) is 1.69. The first-order chi connectivity index (χ1) is 11.0. The highest BCUT2D eigenvalue weighted by Gasteiger charge is 2.30. The minimum Gasteiger partial charge on any atom is -0.493 e. The molecule has 1 aromatic rings. The monoisotopic (exact) mass is 324 g/mol. The van der Waals surface area contributed by atoms with Crippen LogP contribution in [0.2, 0.25) is 0 Å². The fourth-order valence-electron chi connectivity index (χ4n) is 2.21. The van der Waals surface area contributed by atoms with Crippen molar-refractivity contribution in [1.29, 1.82) is 0 Å². The van der Waals surface area contributed by atoms with Crippen molar-refractivity contribution < 1.29 is 28.5 Å². The number of carbonyl (C=O) groups excluding carboxylic acids is 2. The molecule has 0 amide bonds. The SMILES string of the molecule is CCOC(=O)C(Cc1cc(OC)c(OC)cc1C)C(=O)OCC. The molecule has 0 aromatic heterocycles. The Morgan fingerprint density at radius 1 is 0.957 bits per heavy atom. The standard InChI is InChI=1S/C17H24O6/c1-6-22-16(18)13(17(19)23-7-2)9-12-10-15(21-5)14(20-4)8-11(12)3/h8,10,13H,6-7,9H2,1-5H3. The van der Waals surface area contributed by atoms with Gasteiger partial charge in [0.25, 0.3) is 0 Å². The molecule has 0 aliphatic carbocycles. The summed E-state index contributed by atoms with van der Waals surface area (Å²) in [6, 6.07) is 3.57. The average Bonchev–Trinajstić information content (AvgIpc) is 2.53. The molecule has 0 heterocycles. The van der Waals surface area contributed by atoms with Crippen LogP contribution >= 0.6 is 0 Å². The van der Waals surface area contributed by atoms with E-state index in [-0.39, 0.29) is 19.6 Å². The molecule has 0 saturated carbocycles. The van der Waals surface area contributed by atoms with Crippen LogP contribution in [0, 0.1) is 12.8 Å². The van der Waals surface area contributed by atoms with Crippen LogP contribution < -0.4 is 9.47 Å². The summed E-state index contributed by atoms with van der Waals surface area (Å²) in [5.74, 6) is -1.02. The predicted octanol–water partition coefficient (Wildman–Crippen LogP) is 2.30. The number of benzene rings is 1. The average molecular weight is 324 g/mol. The van der Waals surface area contributed by atoms with Gasteiger partial charge >= 0.3 is 11.9 Å². The van der Waals surface area contributed by atoms with Crippen molar-refractivity contribution in [3.63, 3.8) is 0 Å². The maximum atomic E-state index is 12.1. The normalized spacial score (nSPS) is 10.3. The zero-order valence-corrected chi connectivity index (χ0v) is 14.3. The number of carbonyl (C=O) groups is 2. The number of rotatable bonds is 8. The zero-order chi connectivity index (χ0) is 17.4. The minimum absolute atomic E-state index is 0.184. The molecule has 0 fully saturated rings. The second-order valence-electron chi connectivity index (χ2n) is 4.89. The third kappa shape index (κ3) is 4.87. The molecule has 1 rings (SSSR count). The second kappa shape index (κ2) is 9.02. The first kappa shape index (κ1) is 18.8. The molecule has 0 unspecified atom stereocenters. The van der Waals surface area contributed by atoms with Crippen molar-refractivity contribution in [1.82, 2.24) is 0 Å². The number of hydrogen-bond donors (Lipinski definition) is 0. The summed E-state index contributed by atoms with van der Waals surface area (Å²) in [5, 5.41) is 0. The van der Waals surface area contributed by atoms with E-state index < -0.39 is 17.9 Å². The molecule has 0 bridgehead atoms. The molecule has 0 saturated heterocycles. The molecule has 128 valence electrons. The van der Waals surface area contributed by atoms with Gasteiger partial charge < -0.3 is 18.9 Å². The Balaban J connectivity index is 3.11. The van der Waals surface area contributed by atoms with Crippen molar-refractivity contribution >= 4 is 11.9 Å². The molecule has 0 spiro atoms. The fraction of sp³-hybridized carbons (Fsp3) is 0.529. The molecule has 6 heteroatoms. The largest absolute Gasteiger partial charge is 0.493 e. The Kier molecular flexibility index (Phi) is 7.38. The van der Waals surface area contributed by atoms with Crippen LogP contribution in [0.1, 0.15) is 25.0 Å². The Hall–Kier alpha value is -2.24. The van der Waals surface area contributed by atoms with Crippen molar-refractivity contribution in [2.45, 2.75) is 27.2 Å². The van der Waals surface area contributed by atoms with Gasteiger partial charge in [0.1, 0.15) is 0 Å². The highest BCUT2D eigenvalue weighted by atomic mass is 16.6. The Bertz CT molecular complexity index is 534. The molecule has 1 aromatic carbocycles. The van der Waals surface area contributed by atoms with Gasteiger partial charge in [-0.05, 0) is 50.5 Å². The van der Waals surface area contributed by atoms with Gasteiger partial charge in [-0.2, -0.15) is 0 Å². The van der Waals surface area contributed by atoms with E-state index in [2.05, 4.69) is 0 Å². The van der Waals surface area contributed by atoms with Crippen molar-refractivity contribution in [3.05, 3.63) is 23.3 Å². The molecular formula is C17H24O6. The molecule has 0 aliphatic rings. The number of aryl methyl sites for hydroxylation is 1. The summed E-state index contributed by atoms with van der Waals surface area (Å²) in [4.78, 5) is 24.1. The van der Waals surface area contributed by atoms with Gasteiger partial charge in [0, 0.05) is 0 Å². The van der Waals surface area contributed by atoms with E-state index in [9.17, 15) is 9.59 Å². The minimum atomic E-state index is -0.994. The highest BCUT2D eigenvalue weighted by Crippen LogP contribution is 2.31. The quantitative estimate of drug-likeness (QED) is 0.540. The van der Waals surface area contributed by atoms with Crippen LogP contribution in [0.5, 0.6) is 11.5 Å². The lowest BCUT2D eigenvalue weighted by Crippen LogP contribution is -2.30. The van der Waals surface area contributed by atoms with Crippen LogP contribution in [0.4, 0.5) is 0 Å². The first-order valence-electron chi connectivity index (χ1n) is 7.53. The zero-order valence-electron chi connectivity index (χ0n) is 14.3. The van der Waals surface area contributed by atoms with Crippen LogP contribution in [-0.2, 0) is 25.5 Å². The van der Waals surface area contributed by atoms with Gasteiger partial charge in [0.15, 0.2) is 17.4 Å². The molecule has 23 heavy (non-hydrogen) atoms. The fourth-order valence-corrected chi connectivity index (χ4v) is 2.21. The van der Waals surface area contributed by atoms with Gasteiger partial charge in [-0.15, -0.1) is 0 Å². The van der Waals surface area contributed by atoms with E-state index in [0.29, 0.717) is 11.5 Å². The summed E-state index contributed by atoms with van der Waals surface area (Å²) in [6.45, 7) is 5.69. The van der Waals surface area contributed by atoms with Crippen molar-refractivity contribution in [2.75, 3.05) is 27.4 Å². The smallest absolute Gasteiger partial charge is 0.320 e. The maximum absolute atomic E-state index is 12.1. The van der Waals surface area contributed by atoms with E-state index >= 15 is 0 Å². The maximum Gasteiger partial charge on any atom is 0.320 e. The third-order valence-corrected chi connectivity index (χ3v) is 3.41. The molecule has 6 nitrogen and oxygen atoms in total. The summed E-state index contributed by atoms with van der Waals surface area (Å²) >= 11 is 0. The van der Waals surface area contributed by atoms with E-state index in [1.54, 1.807) is 27.0 Å². The van der Waals surface area contributed by atoms with Gasteiger partial charge in [0.2, 0.25) is 0 Å². The van der Waals surface area contributed by atoms with Crippen LogP contribution in [-0.4, -0.2) is 39.4 Å². The van der Waals surface area contributed by atoms with E-state index in [4.69, 9.17) is 18.9 Å². The van der Waals surface area contributed by atoms with Gasteiger partial charge in [0.05, 0.1) is 27.4 Å². The number of methoxy groups -OCH3 is 2. The lowest BCUT2D eigenvalue weighted by Gasteiger charge is -2.17. The molecular weight excluding hydrogens is 300 g/mol. The summed E-state index contributed by atoms with van der Waals surface area (Å²) in [7, 11) is 3.09. The van der Waals surface area contributed by atoms with Crippen molar-refractivity contribution in [3.8, 4) is 11.5 Å². The number of esters is 2. The highest BCUT2D eigenvalue weighted by molar-refractivity contribution is 5.95. The van der Waals surface area contributed by atoms with Crippen LogP contribution in [0.15, 0.2) is 12.1 Å². The predicted molar refractivity (Wildman–Crippen MR) is 84.7 cm³/mol. The van der Waals surface area contributed by atoms with Crippen LogP contribution in [0.3, 0.4) is 0 Å². The summed E-state index contributed by atoms with van der Waals surface area (Å²) < 4.78 is 20.5. The van der Waals surface area contributed by atoms with Gasteiger partial charge in [-0.1, -0.05) is 0 Å². The molecule has 0 aliphatic heterocycles. The topological polar surface area (TPSA) is 71.1 Å². The van der Waals surface area contributed by atoms with E-state index in [0.717, 1.165) is 11.1 Å². The molecule has 0 atom stereocenters. The van der Waals surface area contributed by atoms with Gasteiger partial charge in [-0.3, -0.25) is 9.59 Å². The molecule has 0 N–H and O–H groups in total. The number of hydrogen-bond acceptors (Lipinski definition) is 6. The Labute approximate surface area is 136 Å². The second-order valence-corrected chi connectivity index (χ2v) is 4.89. The lowest BCUT2D eigenvalue weighted by atomic mass is 9.95. The van der Waals surface area contributed by atoms with Crippen molar-refractivity contribution in [2.24, 2.45) is 5.92 Å².